The molecule has 2 aromatic rings. The maximum absolute atomic E-state index is 13.4. The lowest BCUT2D eigenvalue weighted by molar-refractivity contribution is 0.101. The number of carbonyl (C=O) groups excluding carboxylic acids is 2. The molecule has 0 bridgehead atoms. The molecule has 1 aliphatic rings. The van der Waals surface area contributed by atoms with Crippen LogP contribution in [0.15, 0.2) is 29.1 Å². The number of nitrogens with one attached hydrogen (secondary N) is 2. The van der Waals surface area contributed by atoms with Crippen LogP contribution >= 0.6 is 0 Å². The Kier molecular flexibility index (Phi) is 4.29. The van der Waals surface area contributed by atoms with E-state index >= 15 is 0 Å². The largest absolute Gasteiger partial charge is 0.325 e. The van der Waals surface area contributed by atoms with E-state index in [1.165, 1.54) is 13.0 Å². The van der Waals surface area contributed by atoms with Crippen molar-refractivity contribution in [3.63, 3.8) is 0 Å². The molecular weight excluding hydrogens is 311 g/mol. The molecule has 1 aromatic heterocycles. The van der Waals surface area contributed by atoms with Crippen molar-refractivity contribution < 1.29 is 14.0 Å². The van der Waals surface area contributed by atoms with Crippen LogP contribution < -0.4 is 10.9 Å². The van der Waals surface area contributed by atoms with Crippen molar-refractivity contribution in [2.75, 3.05) is 5.32 Å². The van der Waals surface area contributed by atoms with E-state index in [4.69, 9.17) is 0 Å². The number of rotatable bonds is 3. The fourth-order valence-electron chi connectivity index (χ4n) is 2.96. The zero-order chi connectivity index (χ0) is 17.3. The highest BCUT2D eigenvalue weighted by atomic mass is 19.1. The van der Waals surface area contributed by atoms with Gasteiger partial charge in [-0.05, 0) is 62.4 Å². The topological polar surface area (TPSA) is 79.0 Å². The number of halogens is 1. The van der Waals surface area contributed by atoms with Gasteiger partial charge in [0.1, 0.15) is 11.4 Å². The van der Waals surface area contributed by atoms with E-state index in [1.807, 2.05) is 0 Å². The molecule has 1 aliphatic carbocycles. The number of hydrogen-bond donors (Lipinski definition) is 2. The molecule has 1 heterocycles. The van der Waals surface area contributed by atoms with Crippen LogP contribution in [-0.4, -0.2) is 16.7 Å². The maximum Gasteiger partial charge on any atom is 0.261 e. The van der Waals surface area contributed by atoms with Crippen LogP contribution in [0.4, 0.5) is 10.1 Å². The second-order valence-corrected chi connectivity index (χ2v) is 5.92. The zero-order valence-electron chi connectivity index (χ0n) is 13.2. The summed E-state index contributed by atoms with van der Waals surface area (Å²) >= 11 is 0. The Morgan fingerprint density at radius 2 is 1.88 bits per heavy atom. The molecule has 6 heteroatoms. The molecule has 0 saturated heterocycles. The van der Waals surface area contributed by atoms with E-state index in [9.17, 15) is 18.8 Å². The number of benzene rings is 1. The summed E-state index contributed by atoms with van der Waals surface area (Å²) in [4.78, 5) is 39.0. The second kappa shape index (κ2) is 6.39. The maximum atomic E-state index is 13.4. The summed E-state index contributed by atoms with van der Waals surface area (Å²) < 4.78 is 13.4. The van der Waals surface area contributed by atoms with Gasteiger partial charge in [0, 0.05) is 11.3 Å². The Bertz CT molecular complexity index is 886. The summed E-state index contributed by atoms with van der Waals surface area (Å²) in [6.45, 7) is 1.33. The molecule has 0 radical (unpaired) electrons. The number of carbonyl (C=O) groups is 2. The van der Waals surface area contributed by atoms with Crippen molar-refractivity contribution in [2.24, 2.45) is 0 Å². The smallest absolute Gasteiger partial charge is 0.261 e. The first-order valence-corrected chi connectivity index (χ1v) is 7.82. The fourth-order valence-corrected chi connectivity index (χ4v) is 2.96. The van der Waals surface area contributed by atoms with Crippen LogP contribution in [0.2, 0.25) is 0 Å². The molecule has 0 unspecified atom stereocenters. The van der Waals surface area contributed by atoms with Gasteiger partial charge in [0.25, 0.3) is 11.5 Å². The first-order chi connectivity index (χ1) is 11.5. The van der Waals surface area contributed by atoms with Crippen molar-refractivity contribution in [1.82, 2.24) is 4.98 Å². The number of fused-ring (bicyclic) bond motifs is 1. The van der Waals surface area contributed by atoms with Gasteiger partial charge in [-0.25, -0.2) is 4.39 Å². The lowest BCUT2D eigenvalue weighted by atomic mass is 9.95. The van der Waals surface area contributed by atoms with Gasteiger partial charge in [0.05, 0.1) is 5.69 Å². The quantitative estimate of drug-likeness (QED) is 0.850. The molecule has 5 nitrogen and oxygen atoms in total. The molecule has 1 aromatic carbocycles. The highest BCUT2D eigenvalue weighted by Crippen LogP contribution is 2.21. The van der Waals surface area contributed by atoms with E-state index < -0.39 is 17.3 Å². The van der Waals surface area contributed by atoms with E-state index in [0.29, 0.717) is 0 Å². The van der Waals surface area contributed by atoms with Crippen molar-refractivity contribution in [2.45, 2.75) is 32.6 Å². The molecule has 0 fully saturated rings. The zero-order valence-corrected chi connectivity index (χ0v) is 13.2. The van der Waals surface area contributed by atoms with Gasteiger partial charge in [-0.2, -0.15) is 0 Å². The number of H-pyrrole nitrogens is 1. The molecule has 124 valence electrons. The predicted molar refractivity (Wildman–Crippen MR) is 88.1 cm³/mol. The highest BCUT2D eigenvalue weighted by molar-refractivity contribution is 6.08. The van der Waals surface area contributed by atoms with Gasteiger partial charge in [0.15, 0.2) is 5.78 Å². The van der Waals surface area contributed by atoms with Crippen LogP contribution in [0, 0.1) is 5.82 Å². The van der Waals surface area contributed by atoms with E-state index in [0.717, 1.165) is 49.1 Å². The third kappa shape index (κ3) is 3.13. The Morgan fingerprint density at radius 1 is 1.12 bits per heavy atom. The van der Waals surface area contributed by atoms with Gasteiger partial charge in [0.2, 0.25) is 0 Å². The second-order valence-electron chi connectivity index (χ2n) is 5.92. The van der Waals surface area contributed by atoms with Crippen LogP contribution in [0.3, 0.4) is 0 Å². The van der Waals surface area contributed by atoms with Crippen LogP contribution in [0.1, 0.15) is 51.7 Å². The normalized spacial score (nSPS) is 13.2. The van der Waals surface area contributed by atoms with Gasteiger partial charge in [-0.3, -0.25) is 14.4 Å². The van der Waals surface area contributed by atoms with E-state index in [1.54, 1.807) is 6.07 Å². The average Bonchev–Trinajstić information content (AvgIpc) is 2.53. The number of pyridine rings is 1. The molecule has 0 saturated carbocycles. The number of aromatic nitrogens is 1. The number of amides is 1. The SMILES string of the molecule is CC(=O)c1ccc(F)cc1NC(=O)c1cc2c([nH]c1=O)CCCC2. The van der Waals surface area contributed by atoms with Crippen LogP contribution in [0.25, 0.3) is 0 Å². The monoisotopic (exact) mass is 328 g/mol. The average molecular weight is 328 g/mol. The minimum atomic E-state index is -0.655. The molecular formula is C18H17FN2O3. The van der Waals surface area contributed by atoms with Crippen molar-refractivity contribution in [3.05, 3.63) is 62.8 Å². The molecule has 24 heavy (non-hydrogen) atoms. The molecule has 0 aliphatic heterocycles. The third-order valence-corrected chi connectivity index (χ3v) is 4.19. The van der Waals surface area contributed by atoms with Gasteiger partial charge in [-0.1, -0.05) is 0 Å². The number of ketones is 1. The molecule has 0 atom stereocenters. The van der Waals surface area contributed by atoms with Gasteiger partial charge < -0.3 is 10.3 Å². The van der Waals surface area contributed by atoms with Crippen molar-refractivity contribution in [1.29, 1.82) is 0 Å². The minimum absolute atomic E-state index is 0.0330. The minimum Gasteiger partial charge on any atom is -0.325 e. The Balaban J connectivity index is 1.95. The van der Waals surface area contributed by atoms with Crippen LogP contribution in [-0.2, 0) is 12.8 Å². The summed E-state index contributed by atoms with van der Waals surface area (Å²) in [6, 6.07) is 5.12. The van der Waals surface area contributed by atoms with Gasteiger partial charge >= 0.3 is 0 Å². The highest BCUT2D eigenvalue weighted by Gasteiger charge is 2.19. The first-order valence-electron chi connectivity index (χ1n) is 7.82. The van der Waals surface area contributed by atoms with Crippen LogP contribution in [0.5, 0.6) is 0 Å². The van der Waals surface area contributed by atoms with E-state index in [-0.39, 0.29) is 22.6 Å². The third-order valence-electron chi connectivity index (χ3n) is 4.19. The number of Topliss-reactive ketones (excluding diaryl/α,β-unsaturated/α-hetero) is 1. The summed E-state index contributed by atoms with van der Waals surface area (Å²) in [5.41, 5.74) is 1.57. The van der Waals surface area contributed by atoms with Crippen molar-refractivity contribution >= 4 is 17.4 Å². The number of aromatic amines is 1. The van der Waals surface area contributed by atoms with Gasteiger partial charge in [-0.15, -0.1) is 0 Å². The number of hydrogen-bond acceptors (Lipinski definition) is 3. The molecule has 1 amide bonds. The van der Waals surface area contributed by atoms with E-state index in [2.05, 4.69) is 10.3 Å². The predicted octanol–water partition coefficient (Wildman–Crippen LogP) is 2.85. The lowest BCUT2D eigenvalue weighted by Gasteiger charge is -2.16. The summed E-state index contributed by atoms with van der Waals surface area (Å²) in [7, 11) is 0. The van der Waals surface area contributed by atoms with Crippen molar-refractivity contribution in [3.8, 4) is 0 Å². The summed E-state index contributed by atoms with van der Waals surface area (Å²) in [5, 5.41) is 2.48. The lowest BCUT2D eigenvalue weighted by Crippen LogP contribution is -2.26. The molecule has 3 rings (SSSR count). The first kappa shape index (κ1) is 16.1. The number of anilines is 1. The standard InChI is InChI=1S/C18H17FN2O3/c1-10(22)13-7-6-12(19)9-16(13)21-18(24)14-8-11-4-2-3-5-15(11)20-17(14)23/h6-9H,2-5H2,1H3,(H,20,23)(H,21,24). The molecule has 2 N–H and O–H groups in total. The Labute approximate surface area is 137 Å². The Morgan fingerprint density at radius 3 is 2.62 bits per heavy atom. The summed E-state index contributed by atoms with van der Waals surface area (Å²) in [5.74, 6) is -1.53. The molecule has 0 spiro atoms. The number of aryl methyl sites for hydroxylation is 2. The summed E-state index contributed by atoms with van der Waals surface area (Å²) in [6.07, 6.45) is 3.63. The Hall–Kier alpha value is -2.76. The fraction of sp³-hybridized carbons (Fsp3) is 0.278.